The van der Waals surface area contributed by atoms with E-state index in [1.54, 1.807) is 29.9 Å². The molecule has 3 aromatic rings. The first kappa shape index (κ1) is 16.2. The van der Waals surface area contributed by atoms with Gasteiger partial charge in [0.2, 0.25) is 0 Å². The van der Waals surface area contributed by atoms with Crippen molar-refractivity contribution in [1.29, 1.82) is 0 Å². The molecule has 1 aromatic carbocycles. The molecule has 0 aliphatic carbocycles. The second-order valence-electron chi connectivity index (χ2n) is 6.33. The number of thiazole rings is 1. The number of benzene rings is 1. The van der Waals surface area contributed by atoms with Gasteiger partial charge in [-0.15, -0.1) is 11.3 Å². The molecule has 0 saturated carbocycles. The first-order valence-corrected chi connectivity index (χ1v) is 9.44. The Morgan fingerprint density at radius 1 is 1.32 bits per heavy atom. The summed E-state index contributed by atoms with van der Waals surface area (Å²) in [6.07, 6.45) is 7.53. The topological polar surface area (TPSA) is 53.9 Å². The number of likely N-dealkylation sites (tertiary alicyclic amines) is 1. The summed E-state index contributed by atoms with van der Waals surface area (Å²) in [6.45, 7) is 4.12. The van der Waals surface area contributed by atoms with Crippen LogP contribution < -0.4 is 5.32 Å². The van der Waals surface area contributed by atoms with E-state index in [0.29, 0.717) is 6.04 Å². The SMILES string of the molecule is Cc1nc(CN2CCCC2c2cccc(Nc3cnccn3)c2)cs1. The minimum Gasteiger partial charge on any atom is -0.339 e. The molecule has 1 fully saturated rings. The van der Waals surface area contributed by atoms with Gasteiger partial charge in [0, 0.05) is 36.0 Å². The first-order chi connectivity index (χ1) is 12.3. The summed E-state index contributed by atoms with van der Waals surface area (Å²) in [5.41, 5.74) is 3.58. The number of nitrogens with zero attached hydrogens (tertiary/aromatic N) is 4. The molecule has 4 rings (SSSR count). The van der Waals surface area contributed by atoms with Crippen molar-refractivity contribution >= 4 is 22.8 Å². The van der Waals surface area contributed by atoms with E-state index in [1.165, 1.54) is 24.1 Å². The molecule has 1 unspecified atom stereocenters. The van der Waals surface area contributed by atoms with Gasteiger partial charge in [0.15, 0.2) is 0 Å². The average molecular weight is 351 g/mol. The Kier molecular flexibility index (Phi) is 4.72. The zero-order valence-corrected chi connectivity index (χ0v) is 15.0. The third-order valence-electron chi connectivity index (χ3n) is 4.50. The second kappa shape index (κ2) is 7.29. The van der Waals surface area contributed by atoms with Gasteiger partial charge in [0.1, 0.15) is 5.82 Å². The Labute approximate surface area is 151 Å². The highest BCUT2D eigenvalue weighted by molar-refractivity contribution is 7.09. The highest BCUT2D eigenvalue weighted by Gasteiger charge is 2.26. The highest BCUT2D eigenvalue weighted by Crippen LogP contribution is 2.34. The zero-order valence-electron chi connectivity index (χ0n) is 14.2. The van der Waals surface area contributed by atoms with Gasteiger partial charge in [-0.3, -0.25) is 9.88 Å². The number of hydrogen-bond acceptors (Lipinski definition) is 6. The molecule has 0 radical (unpaired) electrons. The summed E-state index contributed by atoms with van der Waals surface area (Å²) in [4.78, 5) is 15.5. The van der Waals surface area contributed by atoms with Crippen molar-refractivity contribution in [1.82, 2.24) is 19.9 Å². The molecule has 2 aromatic heterocycles. The van der Waals surface area contributed by atoms with E-state index in [0.717, 1.165) is 29.6 Å². The quantitative estimate of drug-likeness (QED) is 0.742. The lowest BCUT2D eigenvalue weighted by Crippen LogP contribution is -2.23. The van der Waals surface area contributed by atoms with Crippen LogP contribution >= 0.6 is 11.3 Å². The van der Waals surface area contributed by atoms with Crippen LogP contribution in [0.3, 0.4) is 0 Å². The summed E-state index contributed by atoms with van der Waals surface area (Å²) in [5, 5.41) is 6.65. The Hall–Kier alpha value is -2.31. The summed E-state index contributed by atoms with van der Waals surface area (Å²) in [5.74, 6) is 0.765. The van der Waals surface area contributed by atoms with Crippen molar-refractivity contribution in [2.24, 2.45) is 0 Å². The van der Waals surface area contributed by atoms with Crippen molar-refractivity contribution in [3.63, 3.8) is 0 Å². The smallest absolute Gasteiger partial charge is 0.148 e. The van der Waals surface area contributed by atoms with Gasteiger partial charge >= 0.3 is 0 Å². The van der Waals surface area contributed by atoms with Gasteiger partial charge in [-0.05, 0) is 44.0 Å². The Morgan fingerprint density at radius 3 is 3.08 bits per heavy atom. The van der Waals surface area contributed by atoms with E-state index in [-0.39, 0.29) is 0 Å². The van der Waals surface area contributed by atoms with Crippen LogP contribution in [-0.2, 0) is 6.54 Å². The molecule has 1 atom stereocenters. The van der Waals surface area contributed by atoms with Crippen molar-refractivity contribution in [3.8, 4) is 0 Å². The Bertz CT molecular complexity index is 833. The minimum absolute atomic E-state index is 0.450. The molecule has 0 amide bonds. The molecule has 0 bridgehead atoms. The molecule has 1 N–H and O–H groups in total. The van der Waals surface area contributed by atoms with Crippen LogP contribution in [0.15, 0.2) is 48.2 Å². The molecule has 0 spiro atoms. The van der Waals surface area contributed by atoms with Crippen LogP contribution in [-0.4, -0.2) is 26.4 Å². The van der Waals surface area contributed by atoms with E-state index in [4.69, 9.17) is 0 Å². The molecular formula is C19H21N5S. The van der Waals surface area contributed by atoms with Gasteiger partial charge in [-0.1, -0.05) is 12.1 Å². The third kappa shape index (κ3) is 3.86. The van der Waals surface area contributed by atoms with Crippen LogP contribution in [0.5, 0.6) is 0 Å². The molecule has 3 heterocycles. The monoisotopic (exact) mass is 351 g/mol. The maximum atomic E-state index is 4.62. The van der Waals surface area contributed by atoms with Gasteiger partial charge in [0.05, 0.1) is 16.9 Å². The largest absolute Gasteiger partial charge is 0.339 e. The maximum Gasteiger partial charge on any atom is 0.148 e. The third-order valence-corrected chi connectivity index (χ3v) is 5.32. The normalized spacial score (nSPS) is 17.7. The van der Waals surface area contributed by atoms with Crippen LogP contribution in [0.1, 0.15) is 35.1 Å². The van der Waals surface area contributed by atoms with Crippen LogP contribution in [0, 0.1) is 6.92 Å². The number of aromatic nitrogens is 3. The predicted molar refractivity (Wildman–Crippen MR) is 101 cm³/mol. The van der Waals surface area contributed by atoms with E-state index in [9.17, 15) is 0 Å². The lowest BCUT2D eigenvalue weighted by atomic mass is 10.0. The highest BCUT2D eigenvalue weighted by atomic mass is 32.1. The van der Waals surface area contributed by atoms with Crippen molar-refractivity contribution in [2.45, 2.75) is 32.4 Å². The van der Waals surface area contributed by atoms with Crippen LogP contribution in [0.2, 0.25) is 0 Å². The molecule has 25 heavy (non-hydrogen) atoms. The van der Waals surface area contributed by atoms with E-state index in [2.05, 4.69) is 61.7 Å². The summed E-state index contributed by atoms with van der Waals surface area (Å²) < 4.78 is 0. The number of nitrogens with one attached hydrogen (secondary N) is 1. The van der Waals surface area contributed by atoms with E-state index < -0.39 is 0 Å². The molecule has 128 valence electrons. The fourth-order valence-electron chi connectivity index (χ4n) is 3.42. The molecule has 1 aliphatic rings. The minimum atomic E-state index is 0.450. The lowest BCUT2D eigenvalue weighted by molar-refractivity contribution is 0.246. The van der Waals surface area contributed by atoms with Crippen molar-refractivity contribution < 1.29 is 0 Å². The number of rotatable bonds is 5. The first-order valence-electron chi connectivity index (χ1n) is 8.56. The molecule has 5 nitrogen and oxygen atoms in total. The maximum absolute atomic E-state index is 4.62. The van der Waals surface area contributed by atoms with Crippen LogP contribution in [0.25, 0.3) is 0 Å². The number of aryl methyl sites for hydroxylation is 1. The van der Waals surface area contributed by atoms with Crippen molar-refractivity contribution in [3.05, 3.63) is 64.5 Å². The predicted octanol–water partition coefficient (Wildman–Crippen LogP) is 4.32. The molecule has 1 saturated heterocycles. The number of hydrogen-bond donors (Lipinski definition) is 1. The summed E-state index contributed by atoms with van der Waals surface area (Å²) in [7, 11) is 0. The second-order valence-corrected chi connectivity index (χ2v) is 7.39. The van der Waals surface area contributed by atoms with Crippen molar-refractivity contribution in [2.75, 3.05) is 11.9 Å². The van der Waals surface area contributed by atoms with Gasteiger partial charge in [-0.25, -0.2) is 9.97 Å². The Morgan fingerprint density at radius 2 is 2.28 bits per heavy atom. The van der Waals surface area contributed by atoms with E-state index in [1.807, 2.05) is 0 Å². The fraction of sp³-hybridized carbons (Fsp3) is 0.316. The Balaban J connectivity index is 1.51. The summed E-state index contributed by atoms with van der Waals surface area (Å²) in [6, 6.07) is 9.07. The molecule has 1 aliphatic heterocycles. The average Bonchev–Trinajstić information content (AvgIpc) is 3.25. The van der Waals surface area contributed by atoms with Gasteiger partial charge in [-0.2, -0.15) is 0 Å². The number of anilines is 2. The van der Waals surface area contributed by atoms with Gasteiger partial charge in [0.25, 0.3) is 0 Å². The molecule has 6 heteroatoms. The lowest BCUT2D eigenvalue weighted by Gasteiger charge is -2.24. The summed E-state index contributed by atoms with van der Waals surface area (Å²) >= 11 is 1.73. The standard InChI is InChI=1S/C19H21N5S/c1-14-22-17(13-25-14)12-24-9-3-6-18(24)15-4-2-5-16(10-15)23-19-11-20-7-8-21-19/h2,4-5,7-8,10-11,13,18H,3,6,9,12H2,1H3,(H,21,23). The zero-order chi connectivity index (χ0) is 17.1. The fourth-order valence-corrected chi connectivity index (χ4v) is 4.02. The van der Waals surface area contributed by atoms with Crippen LogP contribution in [0.4, 0.5) is 11.5 Å². The van der Waals surface area contributed by atoms with E-state index >= 15 is 0 Å². The van der Waals surface area contributed by atoms with Gasteiger partial charge < -0.3 is 5.32 Å². The molecular weight excluding hydrogens is 330 g/mol.